The van der Waals surface area contributed by atoms with Gasteiger partial charge in [-0.25, -0.2) is 0 Å². The van der Waals surface area contributed by atoms with E-state index in [9.17, 15) is 9.90 Å². The van der Waals surface area contributed by atoms with Crippen molar-refractivity contribution in [2.24, 2.45) is 5.73 Å². The SMILES string of the molecule is C[C@@H](O)CN1CCCCC1C(N)=O. The Morgan fingerprint density at radius 2 is 2.38 bits per heavy atom. The molecule has 1 rings (SSSR count). The van der Waals surface area contributed by atoms with Crippen molar-refractivity contribution >= 4 is 5.91 Å². The number of aliphatic hydroxyl groups is 1. The van der Waals surface area contributed by atoms with Crippen LogP contribution in [-0.2, 0) is 4.79 Å². The van der Waals surface area contributed by atoms with E-state index in [-0.39, 0.29) is 18.1 Å². The third-order valence-electron chi connectivity index (χ3n) is 2.44. The van der Waals surface area contributed by atoms with E-state index in [1.54, 1.807) is 6.92 Å². The highest BCUT2D eigenvalue weighted by molar-refractivity contribution is 5.79. The van der Waals surface area contributed by atoms with Gasteiger partial charge < -0.3 is 10.8 Å². The molecule has 4 nitrogen and oxygen atoms in total. The minimum absolute atomic E-state index is 0.164. The van der Waals surface area contributed by atoms with Gasteiger partial charge in [-0.1, -0.05) is 6.42 Å². The van der Waals surface area contributed by atoms with Gasteiger partial charge >= 0.3 is 0 Å². The van der Waals surface area contributed by atoms with Crippen molar-refractivity contribution in [3.05, 3.63) is 0 Å². The number of aliphatic hydroxyl groups excluding tert-OH is 1. The van der Waals surface area contributed by atoms with E-state index in [4.69, 9.17) is 5.73 Å². The van der Waals surface area contributed by atoms with Crippen molar-refractivity contribution in [1.29, 1.82) is 0 Å². The molecule has 76 valence electrons. The smallest absolute Gasteiger partial charge is 0.234 e. The molecule has 0 saturated carbocycles. The zero-order chi connectivity index (χ0) is 9.84. The van der Waals surface area contributed by atoms with Gasteiger partial charge in [0.25, 0.3) is 0 Å². The molecule has 0 aliphatic carbocycles. The fourth-order valence-electron chi connectivity index (χ4n) is 1.87. The molecule has 1 aliphatic rings. The maximum atomic E-state index is 11.0. The molecule has 0 aromatic heterocycles. The summed E-state index contributed by atoms with van der Waals surface area (Å²) in [6, 6.07) is -0.164. The Morgan fingerprint density at radius 3 is 2.92 bits per heavy atom. The summed E-state index contributed by atoms with van der Waals surface area (Å²) < 4.78 is 0. The van der Waals surface area contributed by atoms with Crippen molar-refractivity contribution in [3.8, 4) is 0 Å². The van der Waals surface area contributed by atoms with Gasteiger partial charge in [-0.3, -0.25) is 9.69 Å². The number of likely N-dealkylation sites (tertiary alicyclic amines) is 1. The van der Waals surface area contributed by atoms with Crippen LogP contribution >= 0.6 is 0 Å². The quantitative estimate of drug-likeness (QED) is 0.636. The van der Waals surface area contributed by atoms with Gasteiger partial charge in [0.15, 0.2) is 0 Å². The Balaban J connectivity index is 2.51. The molecule has 0 radical (unpaired) electrons. The Hall–Kier alpha value is -0.610. The van der Waals surface area contributed by atoms with Crippen LogP contribution in [0, 0.1) is 0 Å². The van der Waals surface area contributed by atoms with Gasteiger partial charge in [-0.05, 0) is 26.3 Å². The monoisotopic (exact) mass is 186 g/mol. The predicted molar refractivity (Wildman–Crippen MR) is 50.1 cm³/mol. The highest BCUT2D eigenvalue weighted by Gasteiger charge is 2.27. The molecule has 1 unspecified atom stereocenters. The maximum Gasteiger partial charge on any atom is 0.234 e. The summed E-state index contributed by atoms with van der Waals surface area (Å²) >= 11 is 0. The van der Waals surface area contributed by atoms with E-state index in [2.05, 4.69) is 0 Å². The van der Waals surface area contributed by atoms with Crippen LogP contribution in [0.25, 0.3) is 0 Å². The second kappa shape index (κ2) is 4.58. The second-order valence-electron chi connectivity index (χ2n) is 3.76. The standard InChI is InChI=1S/C9H18N2O2/c1-7(12)6-11-5-3-2-4-8(11)9(10)13/h7-8,12H,2-6H2,1H3,(H2,10,13)/t7-,8?/m1/s1. The number of nitrogens with zero attached hydrogens (tertiary/aromatic N) is 1. The molecule has 1 heterocycles. The number of nitrogens with two attached hydrogens (primary N) is 1. The van der Waals surface area contributed by atoms with Crippen LogP contribution in [-0.4, -0.2) is 41.1 Å². The summed E-state index contributed by atoms with van der Waals surface area (Å²) in [5.74, 6) is -0.264. The second-order valence-corrected chi connectivity index (χ2v) is 3.76. The van der Waals surface area contributed by atoms with Crippen LogP contribution in [0.3, 0.4) is 0 Å². The zero-order valence-electron chi connectivity index (χ0n) is 8.07. The number of hydrogen-bond donors (Lipinski definition) is 2. The lowest BCUT2D eigenvalue weighted by atomic mass is 10.0. The molecule has 1 aliphatic heterocycles. The molecular weight excluding hydrogens is 168 g/mol. The number of hydrogen-bond acceptors (Lipinski definition) is 3. The fourth-order valence-corrected chi connectivity index (χ4v) is 1.87. The molecule has 1 fully saturated rings. The topological polar surface area (TPSA) is 66.6 Å². The number of rotatable bonds is 3. The predicted octanol–water partition coefficient (Wildman–Crippen LogP) is -0.293. The average molecular weight is 186 g/mol. The van der Waals surface area contributed by atoms with Crippen molar-refractivity contribution in [2.75, 3.05) is 13.1 Å². The zero-order valence-corrected chi connectivity index (χ0v) is 8.07. The molecule has 13 heavy (non-hydrogen) atoms. The average Bonchev–Trinajstić information content (AvgIpc) is 2.03. The number of piperidine rings is 1. The lowest BCUT2D eigenvalue weighted by Crippen LogP contribution is -2.49. The molecule has 0 aromatic rings. The Labute approximate surface area is 78.7 Å². The number of carbonyl (C=O) groups is 1. The molecule has 0 bridgehead atoms. The van der Waals surface area contributed by atoms with E-state index >= 15 is 0 Å². The van der Waals surface area contributed by atoms with Gasteiger partial charge in [-0.2, -0.15) is 0 Å². The van der Waals surface area contributed by atoms with Crippen molar-refractivity contribution < 1.29 is 9.90 Å². The number of β-amino-alcohol motifs (C(OH)–C–C–N with tert-alkyl or cyclic N) is 1. The van der Waals surface area contributed by atoms with E-state index in [1.165, 1.54) is 0 Å². The third-order valence-corrected chi connectivity index (χ3v) is 2.44. The first-order chi connectivity index (χ1) is 6.11. The summed E-state index contributed by atoms with van der Waals surface area (Å²) in [5, 5.41) is 9.21. The number of carbonyl (C=O) groups excluding carboxylic acids is 1. The van der Waals surface area contributed by atoms with Gasteiger partial charge in [0.2, 0.25) is 5.91 Å². The van der Waals surface area contributed by atoms with Crippen LogP contribution in [0.5, 0.6) is 0 Å². The minimum Gasteiger partial charge on any atom is -0.392 e. The summed E-state index contributed by atoms with van der Waals surface area (Å²) in [7, 11) is 0. The third kappa shape index (κ3) is 2.97. The summed E-state index contributed by atoms with van der Waals surface area (Å²) in [6.45, 7) is 3.15. The number of primary amides is 1. The fraction of sp³-hybridized carbons (Fsp3) is 0.889. The molecule has 4 heteroatoms. The molecule has 0 aromatic carbocycles. The van der Waals surface area contributed by atoms with E-state index < -0.39 is 0 Å². The first kappa shape index (κ1) is 10.5. The minimum atomic E-state index is -0.389. The Kier molecular flexibility index (Phi) is 3.69. The van der Waals surface area contributed by atoms with E-state index in [0.29, 0.717) is 6.54 Å². The highest BCUT2D eigenvalue weighted by Crippen LogP contribution is 2.16. The van der Waals surface area contributed by atoms with Crippen molar-refractivity contribution in [2.45, 2.75) is 38.3 Å². The van der Waals surface area contributed by atoms with Crippen molar-refractivity contribution in [3.63, 3.8) is 0 Å². The van der Waals surface area contributed by atoms with Crippen LogP contribution in [0.1, 0.15) is 26.2 Å². The van der Waals surface area contributed by atoms with Crippen molar-refractivity contribution in [1.82, 2.24) is 4.90 Å². The van der Waals surface area contributed by atoms with Crippen LogP contribution in [0.4, 0.5) is 0 Å². The molecule has 3 N–H and O–H groups in total. The molecule has 1 amide bonds. The lowest BCUT2D eigenvalue weighted by molar-refractivity contribution is -0.124. The largest absolute Gasteiger partial charge is 0.392 e. The Bertz CT molecular complexity index is 182. The van der Waals surface area contributed by atoms with Gasteiger partial charge in [0.1, 0.15) is 0 Å². The van der Waals surface area contributed by atoms with Crippen LogP contribution in [0.15, 0.2) is 0 Å². The normalized spacial score (nSPS) is 27.1. The highest BCUT2D eigenvalue weighted by atomic mass is 16.3. The first-order valence-electron chi connectivity index (χ1n) is 4.82. The van der Waals surface area contributed by atoms with Gasteiger partial charge in [0, 0.05) is 6.54 Å². The molecule has 2 atom stereocenters. The van der Waals surface area contributed by atoms with E-state index in [1.807, 2.05) is 4.90 Å². The maximum absolute atomic E-state index is 11.0. The molecule has 0 spiro atoms. The molecule has 1 saturated heterocycles. The molecular formula is C9H18N2O2. The summed E-state index contributed by atoms with van der Waals surface area (Å²) in [5.41, 5.74) is 5.27. The Morgan fingerprint density at radius 1 is 1.69 bits per heavy atom. The summed E-state index contributed by atoms with van der Waals surface area (Å²) in [4.78, 5) is 13.0. The first-order valence-corrected chi connectivity index (χ1v) is 4.82. The van der Waals surface area contributed by atoms with Gasteiger partial charge in [0.05, 0.1) is 12.1 Å². The van der Waals surface area contributed by atoms with E-state index in [0.717, 1.165) is 25.8 Å². The van der Waals surface area contributed by atoms with Gasteiger partial charge in [-0.15, -0.1) is 0 Å². The number of amides is 1. The van der Waals surface area contributed by atoms with Crippen LogP contribution in [0.2, 0.25) is 0 Å². The summed E-state index contributed by atoms with van der Waals surface area (Å²) in [6.07, 6.45) is 2.60. The lowest BCUT2D eigenvalue weighted by Gasteiger charge is -2.34. The van der Waals surface area contributed by atoms with Crippen LogP contribution < -0.4 is 5.73 Å².